The molecule has 2 rings (SSSR count). The van der Waals surface area contributed by atoms with E-state index in [9.17, 15) is 0 Å². The molecule has 1 saturated heterocycles. The first-order valence-electron chi connectivity index (χ1n) is 7.39. The van der Waals surface area contributed by atoms with Crippen LogP contribution < -0.4 is 10.2 Å². The van der Waals surface area contributed by atoms with Gasteiger partial charge in [0.2, 0.25) is 0 Å². The Hall–Kier alpha value is -1.06. The van der Waals surface area contributed by atoms with E-state index in [2.05, 4.69) is 48.3 Å². The molecule has 1 aliphatic rings. The molecule has 19 heavy (non-hydrogen) atoms. The lowest BCUT2D eigenvalue weighted by Gasteiger charge is -2.29. The van der Waals surface area contributed by atoms with Crippen molar-refractivity contribution in [1.29, 1.82) is 0 Å². The van der Waals surface area contributed by atoms with Crippen molar-refractivity contribution in [1.82, 2.24) is 5.32 Å². The Morgan fingerprint density at radius 3 is 2.95 bits per heavy atom. The number of anilines is 1. The molecule has 3 nitrogen and oxygen atoms in total. The van der Waals surface area contributed by atoms with Crippen molar-refractivity contribution in [2.75, 3.05) is 31.6 Å². The highest BCUT2D eigenvalue weighted by Gasteiger charge is 2.20. The molecule has 106 valence electrons. The molecular formula is C16H26N2O. The Labute approximate surface area is 116 Å². The van der Waals surface area contributed by atoms with Gasteiger partial charge in [-0.3, -0.25) is 0 Å². The molecule has 0 aromatic heterocycles. The number of hydrogen-bond acceptors (Lipinski definition) is 3. The minimum Gasteiger partial charge on any atom is -0.377 e. The van der Waals surface area contributed by atoms with Gasteiger partial charge in [0.15, 0.2) is 0 Å². The molecule has 1 heterocycles. The highest BCUT2D eigenvalue weighted by atomic mass is 16.5. The predicted octanol–water partition coefficient (Wildman–Crippen LogP) is 2.97. The standard InChI is InChI=1S/C16H26N2O/c1-4-15(17-3)14-8-5-6-9-16(14)18-10-7-11-19-13(2)12-18/h5-6,8-9,13,15,17H,4,7,10-12H2,1-3H3. The summed E-state index contributed by atoms with van der Waals surface area (Å²) in [6.07, 6.45) is 2.52. The smallest absolute Gasteiger partial charge is 0.0721 e. The zero-order valence-corrected chi connectivity index (χ0v) is 12.4. The van der Waals surface area contributed by atoms with Crippen LogP contribution in [0.4, 0.5) is 5.69 Å². The van der Waals surface area contributed by atoms with Crippen molar-refractivity contribution in [3.8, 4) is 0 Å². The third-order valence-corrected chi connectivity index (χ3v) is 3.86. The van der Waals surface area contributed by atoms with Crippen molar-refractivity contribution in [2.45, 2.75) is 38.8 Å². The molecular weight excluding hydrogens is 236 g/mol. The first-order chi connectivity index (χ1) is 9.26. The summed E-state index contributed by atoms with van der Waals surface area (Å²) in [6.45, 7) is 7.34. The maximum absolute atomic E-state index is 5.75. The molecule has 1 aromatic carbocycles. The van der Waals surface area contributed by atoms with E-state index in [0.717, 1.165) is 32.5 Å². The lowest BCUT2D eigenvalue weighted by atomic mass is 10.0. The minimum atomic E-state index is 0.310. The van der Waals surface area contributed by atoms with Crippen LogP contribution in [0.5, 0.6) is 0 Å². The van der Waals surface area contributed by atoms with Crippen LogP contribution in [-0.4, -0.2) is 32.8 Å². The SMILES string of the molecule is CCC(NC)c1ccccc1N1CCCOC(C)C1. The molecule has 0 bridgehead atoms. The van der Waals surface area contributed by atoms with Gasteiger partial charge in [-0.1, -0.05) is 25.1 Å². The fraction of sp³-hybridized carbons (Fsp3) is 0.625. The third kappa shape index (κ3) is 3.48. The summed E-state index contributed by atoms with van der Waals surface area (Å²) in [6, 6.07) is 9.19. The topological polar surface area (TPSA) is 24.5 Å². The lowest BCUT2D eigenvalue weighted by Crippen LogP contribution is -2.32. The second-order valence-electron chi connectivity index (χ2n) is 5.29. The predicted molar refractivity (Wildman–Crippen MR) is 80.8 cm³/mol. The van der Waals surface area contributed by atoms with E-state index < -0.39 is 0 Å². The van der Waals surface area contributed by atoms with E-state index in [1.54, 1.807) is 0 Å². The van der Waals surface area contributed by atoms with Gasteiger partial charge >= 0.3 is 0 Å². The van der Waals surface area contributed by atoms with Gasteiger partial charge < -0.3 is 15.0 Å². The van der Waals surface area contributed by atoms with Gasteiger partial charge in [0.25, 0.3) is 0 Å². The van der Waals surface area contributed by atoms with Gasteiger partial charge in [0.05, 0.1) is 6.10 Å². The number of ether oxygens (including phenoxy) is 1. The summed E-state index contributed by atoms with van der Waals surface area (Å²) < 4.78 is 5.75. The van der Waals surface area contributed by atoms with Crippen LogP contribution >= 0.6 is 0 Å². The number of benzene rings is 1. The maximum atomic E-state index is 5.75. The largest absolute Gasteiger partial charge is 0.377 e. The molecule has 1 aliphatic heterocycles. The van der Waals surface area contributed by atoms with Crippen molar-refractivity contribution < 1.29 is 4.74 Å². The summed E-state index contributed by atoms with van der Waals surface area (Å²) in [5.41, 5.74) is 2.77. The molecule has 2 unspecified atom stereocenters. The van der Waals surface area contributed by atoms with Gasteiger partial charge in [-0.2, -0.15) is 0 Å². The number of nitrogens with zero attached hydrogens (tertiary/aromatic N) is 1. The Balaban J connectivity index is 2.27. The third-order valence-electron chi connectivity index (χ3n) is 3.86. The highest BCUT2D eigenvalue weighted by molar-refractivity contribution is 5.55. The summed E-state index contributed by atoms with van der Waals surface area (Å²) in [7, 11) is 2.04. The van der Waals surface area contributed by atoms with Crippen molar-refractivity contribution in [3.05, 3.63) is 29.8 Å². The second-order valence-corrected chi connectivity index (χ2v) is 5.29. The fourth-order valence-corrected chi connectivity index (χ4v) is 2.86. The molecule has 1 fully saturated rings. The zero-order valence-electron chi connectivity index (χ0n) is 12.4. The van der Waals surface area contributed by atoms with E-state index in [1.165, 1.54) is 11.3 Å². The van der Waals surface area contributed by atoms with Crippen LogP contribution in [0.2, 0.25) is 0 Å². The van der Waals surface area contributed by atoms with Crippen LogP contribution in [-0.2, 0) is 4.74 Å². The van der Waals surface area contributed by atoms with E-state index >= 15 is 0 Å². The lowest BCUT2D eigenvalue weighted by molar-refractivity contribution is 0.0820. The van der Waals surface area contributed by atoms with Crippen molar-refractivity contribution in [3.63, 3.8) is 0 Å². The Kier molecular flexibility index (Phi) is 5.23. The molecule has 0 aliphatic carbocycles. The molecule has 0 amide bonds. The van der Waals surface area contributed by atoms with Gasteiger partial charge in [0, 0.05) is 31.4 Å². The fourth-order valence-electron chi connectivity index (χ4n) is 2.86. The normalized spacial score (nSPS) is 22.1. The molecule has 0 saturated carbocycles. The first-order valence-corrected chi connectivity index (χ1v) is 7.39. The minimum absolute atomic E-state index is 0.310. The van der Waals surface area contributed by atoms with Crippen LogP contribution in [0.1, 0.15) is 38.3 Å². The average molecular weight is 262 g/mol. The van der Waals surface area contributed by atoms with Crippen molar-refractivity contribution in [2.24, 2.45) is 0 Å². The Morgan fingerprint density at radius 1 is 1.42 bits per heavy atom. The van der Waals surface area contributed by atoms with Crippen LogP contribution in [0.25, 0.3) is 0 Å². The maximum Gasteiger partial charge on any atom is 0.0721 e. The van der Waals surface area contributed by atoms with Gasteiger partial charge in [-0.05, 0) is 38.4 Å². The second kappa shape index (κ2) is 6.92. The van der Waals surface area contributed by atoms with Crippen LogP contribution in [0.15, 0.2) is 24.3 Å². The van der Waals surface area contributed by atoms with E-state index in [-0.39, 0.29) is 0 Å². The molecule has 0 spiro atoms. The van der Waals surface area contributed by atoms with Crippen LogP contribution in [0.3, 0.4) is 0 Å². The van der Waals surface area contributed by atoms with Crippen LogP contribution in [0, 0.1) is 0 Å². The average Bonchev–Trinajstić information content (AvgIpc) is 2.65. The number of rotatable bonds is 4. The molecule has 1 N–H and O–H groups in total. The van der Waals surface area contributed by atoms with Gasteiger partial charge in [-0.25, -0.2) is 0 Å². The Morgan fingerprint density at radius 2 is 2.21 bits per heavy atom. The zero-order chi connectivity index (χ0) is 13.7. The summed E-state index contributed by atoms with van der Waals surface area (Å²) in [5.74, 6) is 0. The summed E-state index contributed by atoms with van der Waals surface area (Å²) in [5, 5.41) is 3.42. The Bertz CT molecular complexity index is 390. The highest BCUT2D eigenvalue weighted by Crippen LogP contribution is 2.29. The molecule has 2 atom stereocenters. The van der Waals surface area contributed by atoms with Gasteiger partial charge in [-0.15, -0.1) is 0 Å². The van der Waals surface area contributed by atoms with E-state index in [1.807, 2.05) is 7.05 Å². The quantitative estimate of drug-likeness (QED) is 0.903. The van der Waals surface area contributed by atoms with Gasteiger partial charge in [0.1, 0.15) is 0 Å². The number of nitrogens with one attached hydrogen (secondary N) is 1. The molecule has 3 heteroatoms. The monoisotopic (exact) mass is 262 g/mol. The summed E-state index contributed by atoms with van der Waals surface area (Å²) in [4.78, 5) is 2.48. The summed E-state index contributed by atoms with van der Waals surface area (Å²) >= 11 is 0. The number of para-hydroxylation sites is 1. The molecule has 1 aromatic rings. The van der Waals surface area contributed by atoms with E-state index in [4.69, 9.17) is 4.74 Å². The van der Waals surface area contributed by atoms with E-state index in [0.29, 0.717) is 12.1 Å². The molecule has 0 radical (unpaired) electrons. The first kappa shape index (κ1) is 14.4. The van der Waals surface area contributed by atoms with Crippen molar-refractivity contribution >= 4 is 5.69 Å². The number of hydrogen-bond donors (Lipinski definition) is 1.